The minimum Gasteiger partial charge on any atom is -0.481 e. The van der Waals surface area contributed by atoms with Crippen LogP contribution in [0.5, 0.6) is 0 Å². The highest BCUT2D eigenvalue weighted by Crippen LogP contribution is 2.24. The molecular weight excluding hydrogens is 382 g/mol. The van der Waals surface area contributed by atoms with Crippen LogP contribution in [0.15, 0.2) is 49.6 Å². The first kappa shape index (κ1) is 25.1. The monoisotopic (exact) mass is 415 g/mol. The second kappa shape index (κ2) is 12.0. The molecule has 0 radical (unpaired) electrons. The topological polar surface area (TPSA) is 92.7 Å². The number of hydrogen-bond donors (Lipinski definition) is 2. The number of carbonyl (C=O) groups is 3. The number of carbonyl (C=O) groups excluding carboxylic acids is 2. The van der Waals surface area contributed by atoms with Crippen LogP contribution >= 0.6 is 0 Å². The number of aliphatic carboxylic acids is 1. The maximum Gasteiger partial charge on any atom is 0.309 e. The summed E-state index contributed by atoms with van der Waals surface area (Å²) in [6.07, 6.45) is 3.86. The molecule has 0 aliphatic carbocycles. The average molecular weight is 416 g/mol. The molecule has 1 amide bonds. The average Bonchev–Trinajstić information content (AvgIpc) is 2.68. The molecule has 0 heterocycles. The van der Waals surface area contributed by atoms with Crippen LogP contribution in [0.1, 0.15) is 63.6 Å². The number of ether oxygens (including phenoxy) is 1. The predicted molar refractivity (Wildman–Crippen MR) is 117 cm³/mol. The van der Waals surface area contributed by atoms with E-state index in [1.165, 1.54) is 6.08 Å². The maximum absolute atomic E-state index is 12.4. The van der Waals surface area contributed by atoms with Crippen molar-refractivity contribution >= 4 is 17.8 Å². The Kier molecular flexibility index (Phi) is 10.0. The van der Waals surface area contributed by atoms with Crippen molar-refractivity contribution in [2.75, 3.05) is 6.61 Å². The van der Waals surface area contributed by atoms with E-state index >= 15 is 0 Å². The van der Waals surface area contributed by atoms with Crippen molar-refractivity contribution < 1.29 is 24.2 Å². The predicted octanol–water partition coefficient (Wildman–Crippen LogP) is 4.32. The van der Waals surface area contributed by atoms with Crippen molar-refractivity contribution in [3.05, 3.63) is 60.7 Å². The molecule has 0 bridgehead atoms. The molecule has 0 aliphatic rings. The van der Waals surface area contributed by atoms with Crippen LogP contribution in [-0.2, 0) is 24.5 Å². The summed E-state index contributed by atoms with van der Waals surface area (Å²) in [4.78, 5) is 35.6. The zero-order valence-electron chi connectivity index (χ0n) is 18.1. The van der Waals surface area contributed by atoms with Crippen molar-refractivity contribution in [3.8, 4) is 0 Å². The fourth-order valence-electron chi connectivity index (χ4n) is 2.89. The van der Waals surface area contributed by atoms with Crippen LogP contribution < -0.4 is 5.32 Å². The first-order valence-corrected chi connectivity index (χ1v) is 10.1. The van der Waals surface area contributed by atoms with Crippen LogP contribution in [0.4, 0.5) is 0 Å². The van der Waals surface area contributed by atoms with Gasteiger partial charge in [-0.15, -0.1) is 13.2 Å². The minimum absolute atomic E-state index is 0.0115. The maximum atomic E-state index is 12.4. The third-order valence-corrected chi connectivity index (χ3v) is 4.69. The number of hydrogen-bond acceptors (Lipinski definition) is 4. The molecule has 164 valence electrons. The van der Waals surface area contributed by atoms with E-state index in [0.717, 1.165) is 11.1 Å². The molecule has 0 saturated heterocycles. The first-order valence-electron chi connectivity index (χ1n) is 10.1. The molecule has 0 unspecified atom stereocenters. The lowest BCUT2D eigenvalue weighted by Gasteiger charge is -2.23. The molecule has 2 N–H and O–H groups in total. The molecule has 0 aliphatic heterocycles. The largest absolute Gasteiger partial charge is 0.481 e. The Labute approximate surface area is 179 Å². The molecule has 1 aromatic rings. The smallest absolute Gasteiger partial charge is 0.309 e. The van der Waals surface area contributed by atoms with E-state index in [4.69, 9.17) is 9.84 Å². The Morgan fingerprint density at radius 1 is 1.13 bits per heavy atom. The van der Waals surface area contributed by atoms with E-state index in [1.54, 1.807) is 6.08 Å². The summed E-state index contributed by atoms with van der Waals surface area (Å²) in [5, 5.41) is 11.9. The number of carboxylic acids is 1. The molecule has 6 nitrogen and oxygen atoms in total. The molecule has 0 aromatic heterocycles. The summed E-state index contributed by atoms with van der Waals surface area (Å²) in [6.45, 7) is 13.4. The van der Waals surface area contributed by atoms with Gasteiger partial charge in [0.2, 0.25) is 5.91 Å². The summed E-state index contributed by atoms with van der Waals surface area (Å²) in [5.74, 6) is -2.68. The van der Waals surface area contributed by atoms with Crippen LogP contribution in [0, 0.1) is 5.92 Å². The fraction of sp³-hybridized carbons (Fsp3) is 0.458. The van der Waals surface area contributed by atoms with Gasteiger partial charge in [-0.1, -0.05) is 57.2 Å². The van der Waals surface area contributed by atoms with Crippen LogP contribution in [-0.4, -0.2) is 29.6 Å². The van der Waals surface area contributed by atoms with Gasteiger partial charge in [0.15, 0.2) is 0 Å². The van der Waals surface area contributed by atoms with Gasteiger partial charge in [-0.3, -0.25) is 14.4 Å². The normalized spacial score (nSPS) is 13.0. The lowest BCUT2D eigenvalue weighted by atomic mass is 9.86. The van der Waals surface area contributed by atoms with Crippen molar-refractivity contribution in [2.45, 2.75) is 57.9 Å². The lowest BCUT2D eigenvalue weighted by molar-refractivity contribution is -0.153. The number of nitrogens with one attached hydrogen (secondary N) is 1. The second-order valence-electron chi connectivity index (χ2n) is 8.27. The van der Waals surface area contributed by atoms with Crippen LogP contribution in [0.3, 0.4) is 0 Å². The molecule has 0 spiro atoms. The standard InChI is InChI=1S/C24H33NO5/c1-6-8-10-21(26)25-20(17-11-13-19(14-12-17)24(3,4)5)16-30-23(29)18(9-7-2)15-22(27)28/h6-7,11-14,18,20H,1-2,8-10,15-16H2,3-5H3,(H,25,26)(H,27,28)/t18-,20-/m0/s1. The van der Waals surface area contributed by atoms with E-state index in [2.05, 4.69) is 39.2 Å². The number of amides is 1. The SMILES string of the molecule is C=CCCC(=O)N[C@@H](COC(=O)[C@@H](CC=C)CC(=O)O)c1ccc(C(C)(C)C)cc1. The number of rotatable bonds is 12. The Bertz CT molecular complexity index is 746. The van der Waals surface area contributed by atoms with Crippen LogP contribution in [0.25, 0.3) is 0 Å². The van der Waals surface area contributed by atoms with Crippen molar-refractivity contribution in [1.82, 2.24) is 5.32 Å². The number of benzene rings is 1. The van der Waals surface area contributed by atoms with E-state index in [1.807, 2.05) is 24.3 Å². The van der Waals surface area contributed by atoms with Gasteiger partial charge in [0.1, 0.15) is 6.61 Å². The van der Waals surface area contributed by atoms with Crippen molar-refractivity contribution in [1.29, 1.82) is 0 Å². The third kappa shape index (κ3) is 8.64. The minimum atomic E-state index is -1.08. The lowest BCUT2D eigenvalue weighted by Crippen LogP contribution is -2.33. The molecule has 0 saturated carbocycles. The Balaban J connectivity index is 2.96. The zero-order chi connectivity index (χ0) is 22.7. The van der Waals surface area contributed by atoms with Gasteiger partial charge in [-0.25, -0.2) is 0 Å². The van der Waals surface area contributed by atoms with Crippen molar-refractivity contribution in [3.63, 3.8) is 0 Å². The van der Waals surface area contributed by atoms with E-state index in [-0.39, 0.29) is 37.2 Å². The van der Waals surface area contributed by atoms with Gasteiger partial charge < -0.3 is 15.2 Å². The van der Waals surface area contributed by atoms with Crippen molar-refractivity contribution in [2.24, 2.45) is 5.92 Å². The fourth-order valence-corrected chi connectivity index (χ4v) is 2.89. The Morgan fingerprint density at radius 3 is 2.27 bits per heavy atom. The second-order valence-corrected chi connectivity index (χ2v) is 8.27. The van der Waals surface area contributed by atoms with E-state index in [0.29, 0.717) is 6.42 Å². The zero-order valence-corrected chi connectivity index (χ0v) is 18.1. The summed E-state index contributed by atoms with van der Waals surface area (Å²) < 4.78 is 5.39. The summed E-state index contributed by atoms with van der Waals surface area (Å²) >= 11 is 0. The van der Waals surface area contributed by atoms with E-state index < -0.39 is 23.9 Å². The molecule has 0 fully saturated rings. The summed E-state index contributed by atoms with van der Waals surface area (Å²) in [7, 11) is 0. The number of carboxylic acid groups (broad SMARTS) is 1. The molecular formula is C24H33NO5. The number of esters is 1. The summed E-state index contributed by atoms with van der Waals surface area (Å²) in [5.41, 5.74) is 1.94. The highest BCUT2D eigenvalue weighted by atomic mass is 16.5. The number of allylic oxidation sites excluding steroid dienone is 2. The molecule has 1 aromatic carbocycles. The molecule has 30 heavy (non-hydrogen) atoms. The van der Waals surface area contributed by atoms with Gasteiger partial charge in [-0.2, -0.15) is 0 Å². The first-order chi connectivity index (χ1) is 14.1. The van der Waals surface area contributed by atoms with Crippen LogP contribution in [0.2, 0.25) is 0 Å². The van der Waals surface area contributed by atoms with Gasteiger partial charge in [0.25, 0.3) is 0 Å². The quantitative estimate of drug-likeness (QED) is 0.392. The van der Waals surface area contributed by atoms with Gasteiger partial charge in [0.05, 0.1) is 18.4 Å². The summed E-state index contributed by atoms with van der Waals surface area (Å²) in [6, 6.07) is 7.27. The van der Waals surface area contributed by atoms with Gasteiger partial charge in [0, 0.05) is 6.42 Å². The van der Waals surface area contributed by atoms with Gasteiger partial charge in [-0.05, 0) is 29.4 Å². The highest BCUT2D eigenvalue weighted by molar-refractivity contribution is 5.79. The Hall–Kier alpha value is -2.89. The molecule has 1 rings (SSSR count). The highest BCUT2D eigenvalue weighted by Gasteiger charge is 2.24. The Morgan fingerprint density at radius 2 is 1.77 bits per heavy atom. The van der Waals surface area contributed by atoms with E-state index in [9.17, 15) is 14.4 Å². The molecule has 6 heteroatoms. The molecule has 2 atom stereocenters. The van der Waals surface area contributed by atoms with Gasteiger partial charge >= 0.3 is 11.9 Å². The third-order valence-electron chi connectivity index (χ3n) is 4.69.